The van der Waals surface area contributed by atoms with Crippen LogP contribution in [0, 0.1) is 0 Å². The van der Waals surface area contributed by atoms with Gasteiger partial charge >= 0.3 is 6.18 Å². The lowest BCUT2D eigenvalue weighted by molar-refractivity contribution is -0.127. The Morgan fingerprint density at radius 1 is 1.42 bits per heavy atom. The fourth-order valence-electron chi connectivity index (χ4n) is 0.502. The lowest BCUT2D eigenvalue weighted by Crippen LogP contribution is -2.41. The van der Waals surface area contributed by atoms with E-state index >= 15 is 0 Å². The number of sulfonamides is 1. The first-order valence-corrected chi connectivity index (χ1v) is 4.81. The summed E-state index contributed by atoms with van der Waals surface area (Å²) in [6, 6.07) is 0. The quantitative estimate of drug-likeness (QED) is 0.743. The Kier molecular flexibility index (Phi) is 3.52. The maximum absolute atomic E-state index is 11.8. The second kappa shape index (κ2) is 3.61. The van der Waals surface area contributed by atoms with E-state index in [9.17, 15) is 21.6 Å². The van der Waals surface area contributed by atoms with Gasteiger partial charge in [-0.3, -0.25) is 0 Å². The van der Waals surface area contributed by atoms with E-state index in [-0.39, 0.29) is 6.54 Å². The molecule has 3 nitrogen and oxygen atoms in total. The summed E-state index contributed by atoms with van der Waals surface area (Å²) in [4.78, 5) is 0. The predicted octanol–water partition coefficient (Wildman–Crippen LogP) is 0.877. The highest BCUT2D eigenvalue weighted by molar-refractivity contribution is 7.90. The molecule has 1 atom stereocenters. The molecule has 0 unspecified atom stereocenters. The number of nitrogens with one attached hydrogen (secondary N) is 1. The summed E-state index contributed by atoms with van der Waals surface area (Å²) in [5.41, 5.74) is 0. The van der Waals surface area contributed by atoms with Crippen molar-refractivity contribution in [3.8, 4) is 0 Å². The monoisotopic (exact) mass is 205 g/mol. The first kappa shape index (κ1) is 11.7. The molecule has 0 aromatic carbocycles. The number of rotatable bonds is 3. The predicted molar refractivity (Wildman–Crippen MR) is 38.1 cm³/mol. The average molecular weight is 205 g/mol. The van der Waals surface area contributed by atoms with E-state index in [1.54, 1.807) is 4.72 Å². The van der Waals surface area contributed by atoms with Gasteiger partial charge in [0.25, 0.3) is 0 Å². The van der Waals surface area contributed by atoms with Crippen LogP contribution in [0.5, 0.6) is 0 Å². The molecule has 0 aliphatic heterocycles. The van der Waals surface area contributed by atoms with Crippen molar-refractivity contribution in [3.05, 3.63) is 0 Å². The topological polar surface area (TPSA) is 46.2 Å². The van der Waals surface area contributed by atoms with Crippen molar-refractivity contribution in [2.75, 3.05) is 6.54 Å². The molecule has 0 fully saturated rings. The van der Waals surface area contributed by atoms with Gasteiger partial charge in [-0.1, -0.05) is 6.92 Å². The van der Waals surface area contributed by atoms with Crippen molar-refractivity contribution in [3.63, 3.8) is 0 Å². The van der Waals surface area contributed by atoms with Gasteiger partial charge in [0.1, 0.15) is 0 Å². The Labute approximate surface area is 69.0 Å². The molecule has 0 bridgehead atoms. The van der Waals surface area contributed by atoms with E-state index in [1.807, 2.05) is 0 Å². The molecule has 1 N–H and O–H groups in total. The van der Waals surface area contributed by atoms with E-state index < -0.39 is 21.4 Å². The second-order valence-corrected chi connectivity index (χ2v) is 4.31. The Bertz CT molecular complexity index is 234. The third-order valence-electron chi connectivity index (χ3n) is 1.27. The number of hydrogen-bond acceptors (Lipinski definition) is 2. The molecule has 0 aliphatic carbocycles. The lowest BCUT2D eigenvalue weighted by atomic mass is 10.5. The van der Waals surface area contributed by atoms with Crippen LogP contribution in [0.2, 0.25) is 0 Å². The summed E-state index contributed by atoms with van der Waals surface area (Å²) in [5.74, 6) is 0. The molecule has 0 saturated heterocycles. The molecule has 0 aliphatic rings. The molecular formula is C5H10F3NO2S. The molecule has 0 aromatic rings. The van der Waals surface area contributed by atoms with Gasteiger partial charge in [-0.2, -0.15) is 13.2 Å². The van der Waals surface area contributed by atoms with Gasteiger partial charge in [-0.15, -0.1) is 0 Å². The van der Waals surface area contributed by atoms with Crippen LogP contribution in [0.1, 0.15) is 13.8 Å². The zero-order valence-electron chi connectivity index (χ0n) is 6.64. The van der Waals surface area contributed by atoms with Crippen LogP contribution in [-0.2, 0) is 10.0 Å². The molecule has 12 heavy (non-hydrogen) atoms. The maximum atomic E-state index is 11.8. The molecular weight excluding hydrogens is 195 g/mol. The summed E-state index contributed by atoms with van der Waals surface area (Å²) >= 11 is 0. The van der Waals surface area contributed by atoms with E-state index in [0.717, 1.165) is 0 Å². The van der Waals surface area contributed by atoms with Gasteiger partial charge in [-0.05, 0) is 6.92 Å². The van der Waals surface area contributed by atoms with E-state index in [2.05, 4.69) is 0 Å². The van der Waals surface area contributed by atoms with Crippen molar-refractivity contribution in [1.82, 2.24) is 4.72 Å². The van der Waals surface area contributed by atoms with Crippen LogP contribution in [0.15, 0.2) is 0 Å². The number of halogens is 3. The summed E-state index contributed by atoms with van der Waals surface area (Å²) < 4.78 is 58.8. The van der Waals surface area contributed by atoms with Crippen LogP contribution < -0.4 is 4.72 Å². The first-order chi connectivity index (χ1) is 5.22. The Balaban J connectivity index is 4.59. The highest BCUT2D eigenvalue weighted by Gasteiger charge is 2.44. The third-order valence-corrected chi connectivity index (χ3v) is 3.16. The smallest absolute Gasteiger partial charge is 0.215 e. The molecule has 0 aromatic heterocycles. The SMILES string of the molecule is CCNS(=O)(=O)[C@@H](C)C(F)(F)F. The van der Waals surface area contributed by atoms with Crippen molar-refractivity contribution in [2.45, 2.75) is 25.3 Å². The average Bonchev–Trinajstić information content (AvgIpc) is 1.84. The molecule has 0 heterocycles. The van der Waals surface area contributed by atoms with E-state index in [0.29, 0.717) is 6.92 Å². The van der Waals surface area contributed by atoms with Gasteiger partial charge in [0.2, 0.25) is 10.0 Å². The zero-order valence-corrected chi connectivity index (χ0v) is 7.46. The zero-order chi connectivity index (χ0) is 9.99. The fourth-order valence-corrected chi connectivity index (χ4v) is 1.51. The minimum atomic E-state index is -4.71. The van der Waals surface area contributed by atoms with Crippen molar-refractivity contribution < 1.29 is 21.6 Å². The van der Waals surface area contributed by atoms with Gasteiger partial charge in [0.15, 0.2) is 5.25 Å². The second-order valence-electron chi connectivity index (χ2n) is 2.23. The Morgan fingerprint density at radius 3 is 2.08 bits per heavy atom. The summed E-state index contributed by atoms with van der Waals surface area (Å²) in [7, 11) is -4.24. The highest BCUT2D eigenvalue weighted by Crippen LogP contribution is 2.24. The van der Waals surface area contributed by atoms with Gasteiger partial charge in [0, 0.05) is 6.54 Å². The summed E-state index contributed by atoms with van der Waals surface area (Å²) in [6.07, 6.45) is -4.71. The van der Waals surface area contributed by atoms with Crippen LogP contribution >= 0.6 is 0 Å². The normalized spacial score (nSPS) is 16.1. The van der Waals surface area contributed by atoms with Crippen LogP contribution in [-0.4, -0.2) is 26.4 Å². The Morgan fingerprint density at radius 2 is 1.83 bits per heavy atom. The summed E-state index contributed by atoms with van der Waals surface area (Å²) in [5, 5.41) is -2.36. The highest BCUT2D eigenvalue weighted by atomic mass is 32.2. The van der Waals surface area contributed by atoms with Crippen molar-refractivity contribution >= 4 is 10.0 Å². The molecule has 0 radical (unpaired) electrons. The van der Waals surface area contributed by atoms with Crippen molar-refractivity contribution in [1.29, 1.82) is 0 Å². The molecule has 0 spiro atoms. The largest absolute Gasteiger partial charge is 0.406 e. The van der Waals surface area contributed by atoms with Gasteiger partial charge < -0.3 is 0 Å². The molecule has 7 heteroatoms. The van der Waals surface area contributed by atoms with Gasteiger partial charge in [0.05, 0.1) is 0 Å². The number of hydrogen-bond donors (Lipinski definition) is 1. The molecule has 0 saturated carbocycles. The van der Waals surface area contributed by atoms with Crippen molar-refractivity contribution in [2.24, 2.45) is 0 Å². The standard InChI is InChI=1S/C5H10F3NO2S/c1-3-9-12(10,11)4(2)5(6,7)8/h4,9H,3H2,1-2H3/t4-/m0/s1. The third kappa shape index (κ3) is 2.98. The van der Waals surface area contributed by atoms with Crippen LogP contribution in [0.3, 0.4) is 0 Å². The van der Waals surface area contributed by atoms with Crippen LogP contribution in [0.4, 0.5) is 13.2 Å². The Hall–Kier alpha value is -0.300. The summed E-state index contributed by atoms with van der Waals surface area (Å²) in [6.45, 7) is 1.99. The molecule has 74 valence electrons. The minimum Gasteiger partial charge on any atom is -0.215 e. The molecule has 0 rings (SSSR count). The van der Waals surface area contributed by atoms with Crippen LogP contribution in [0.25, 0.3) is 0 Å². The van der Waals surface area contributed by atoms with E-state index in [1.165, 1.54) is 6.92 Å². The molecule has 0 amide bonds. The first-order valence-electron chi connectivity index (χ1n) is 3.27. The van der Waals surface area contributed by atoms with E-state index in [4.69, 9.17) is 0 Å². The van der Waals surface area contributed by atoms with Gasteiger partial charge in [-0.25, -0.2) is 13.1 Å². The minimum absolute atomic E-state index is 0.0389. The lowest BCUT2D eigenvalue weighted by Gasteiger charge is -2.15. The fraction of sp³-hybridized carbons (Fsp3) is 1.00. The maximum Gasteiger partial charge on any atom is 0.406 e. The number of alkyl halides is 3.